The number of anilines is 1. The molecule has 0 aliphatic carbocycles. The highest BCUT2D eigenvalue weighted by molar-refractivity contribution is 7.99. The third-order valence-corrected chi connectivity index (χ3v) is 4.83. The van der Waals surface area contributed by atoms with E-state index in [9.17, 15) is 4.79 Å². The molecule has 1 aromatic carbocycles. The molecule has 0 fully saturated rings. The summed E-state index contributed by atoms with van der Waals surface area (Å²) in [6, 6.07) is 13.5. The summed E-state index contributed by atoms with van der Waals surface area (Å²) in [4.78, 5) is 22.1. The average Bonchev–Trinajstić information content (AvgIpc) is 3.22. The predicted molar refractivity (Wildman–Crippen MR) is 88.2 cm³/mol. The second-order valence-electron chi connectivity index (χ2n) is 5.11. The SMILES string of the molecule is O=C(Nc1n[nH]c(-c2ccccn2)n1)[C@H]1CSc2ccccc21. The van der Waals surface area contributed by atoms with Crippen LogP contribution in [0.4, 0.5) is 5.95 Å². The number of H-pyrrole nitrogens is 1. The Hall–Kier alpha value is -2.67. The number of pyridine rings is 1. The molecular formula is C16H13N5OS. The normalized spacial score (nSPS) is 16.1. The van der Waals surface area contributed by atoms with E-state index in [0.29, 0.717) is 11.5 Å². The van der Waals surface area contributed by atoms with Crippen LogP contribution in [-0.4, -0.2) is 31.8 Å². The Balaban J connectivity index is 1.51. The number of amides is 1. The number of rotatable bonds is 3. The number of carbonyl (C=O) groups excluding carboxylic acids is 1. The van der Waals surface area contributed by atoms with Crippen LogP contribution in [0, 0.1) is 0 Å². The van der Waals surface area contributed by atoms with Crippen LogP contribution >= 0.6 is 11.8 Å². The summed E-state index contributed by atoms with van der Waals surface area (Å²) < 4.78 is 0. The van der Waals surface area contributed by atoms with Gasteiger partial charge in [-0.2, -0.15) is 4.98 Å². The van der Waals surface area contributed by atoms with Crippen LogP contribution in [0.2, 0.25) is 0 Å². The summed E-state index contributed by atoms with van der Waals surface area (Å²) in [5.74, 6) is 1.28. The standard InChI is InChI=1S/C16H13N5OS/c22-15(11-9-23-13-7-2-1-5-10(11)13)19-16-18-14(20-21-16)12-6-3-4-8-17-12/h1-8,11H,9H2,(H2,18,19,20,21,22)/t11-/m0/s1. The minimum atomic E-state index is -0.173. The van der Waals surface area contributed by atoms with Crippen LogP contribution in [0.25, 0.3) is 11.5 Å². The van der Waals surface area contributed by atoms with E-state index in [1.54, 1.807) is 18.0 Å². The van der Waals surface area contributed by atoms with Gasteiger partial charge < -0.3 is 0 Å². The molecule has 2 aromatic heterocycles. The Morgan fingerprint density at radius 1 is 1.22 bits per heavy atom. The van der Waals surface area contributed by atoms with Gasteiger partial charge in [0.05, 0.1) is 5.92 Å². The molecule has 1 aliphatic heterocycles. The predicted octanol–water partition coefficient (Wildman–Crippen LogP) is 2.69. The fourth-order valence-electron chi connectivity index (χ4n) is 2.51. The van der Waals surface area contributed by atoms with Gasteiger partial charge in [0.2, 0.25) is 11.9 Å². The van der Waals surface area contributed by atoms with Crippen molar-refractivity contribution in [1.29, 1.82) is 0 Å². The van der Waals surface area contributed by atoms with Gasteiger partial charge in [-0.05, 0) is 23.8 Å². The highest BCUT2D eigenvalue weighted by Crippen LogP contribution is 2.39. The van der Waals surface area contributed by atoms with Gasteiger partial charge in [-0.15, -0.1) is 16.9 Å². The second-order valence-corrected chi connectivity index (χ2v) is 6.18. The molecule has 6 nitrogen and oxygen atoms in total. The molecule has 114 valence electrons. The quantitative estimate of drug-likeness (QED) is 0.774. The number of hydrogen-bond donors (Lipinski definition) is 2. The maximum Gasteiger partial charge on any atom is 0.249 e. The summed E-state index contributed by atoms with van der Waals surface area (Å²) in [7, 11) is 0. The van der Waals surface area contributed by atoms with Gasteiger partial charge in [0.1, 0.15) is 5.69 Å². The van der Waals surface area contributed by atoms with Crippen LogP contribution in [-0.2, 0) is 4.79 Å². The van der Waals surface area contributed by atoms with E-state index in [1.165, 1.54) is 0 Å². The van der Waals surface area contributed by atoms with Crippen molar-refractivity contribution >= 4 is 23.6 Å². The summed E-state index contributed by atoms with van der Waals surface area (Å²) in [6.45, 7) is 0. The van der Waals surface area contributed by atoms with Crippen LogP contribution in [0.5, 0.6) is 0 Å². The molecule has 0 radical (unpaired) electrons. The van der Waals surface area contributed by atoms with E-state index >= 15 is 0 Å². The van der Waals surface area contributed by atoms with Crippen LogP contribution in [0.1, 0.15) is 11.5 Å². The molecule has 1 aliphatic rings. The van der Waals surface area contributed by atoms with Crippen molar-refractivity contribution in [3.05, 3.63) is 54.2 Å². The van der Waals surface area contributed by atoms with Crippen LogP contribution in [0.3, 0.4) is 0 Å². The fraction of sp³-hybridized carbons (Fsp3) is 0.125. The molecule has 1 amide bonds. The maximum absolute atomic E-state index is 12.5. The number of benzene rings is 1. The summed E-state index contributed by atoms with van der Waals surface area (Å²) >= 11 is 1.70. The minimum Gasteiger partial charge on any atom is -0.293 e. The Labute approximate surface area is 136 Å². The number of nitrogens with zero attached hydrogens (tertiary/aromatic N) is 3. The number of aromatic amines is 1. The average molecular weight is 323 g/mol. The molecule has 3 aromatic rings. The van der Waals surface area contributed by atoms with Crippen molar-refractivity contribution in [1.82, 2.24) is 20.2 Å². The second kappa shape index (κ2) is 5.85. The van der Waals surface area contributed by atoms with Crippen molar-refractivity contribution in [3.8, 4) is 11.5 Å². The molecule has 0 spiro atoms. The van der Waals surface area contributed by atoms with Gasteiger partial charge in [-0.25, -0.2) is 0 Å². The van der Waals surface area contributed by atoms with Gasteiger partial charge in [0.15, 0.2) is 5.82 Å². The van der Waals surface area contributed by atoms with Gasteiger partial charge in [-0.1, -0.05) is 24.3 Å². The zero-order chi connectivity index (χ0) is 15.6. The van der Waals surface area contributed by atoms with Crippen LogP contribution in [0.15, 0.2) is 53.6 Å². The number of carbonyl (C=O) groups is 1. The number of aromatic nitrogens is 4. The number of hydrogen-bond acceptors (Lipinski definition) is 5. The molecule has 1 atom stereocenters. The smallest absolute Gasteiger partial charge is 0.249 e. The lowest BCUT2D eigenvalue weighted by atomic mass is 10.0. The van der Waals surface area contributed by atoms with Crippen molar-refractivity contribution in [2.24, 2.45) is 0 Å². The summed E-state index contributed by atoms with van der Waals surface area (Å²) in [5, 5.41) is 9.62. The van der Waals surface area contributed by atoms with Crippen LogP contribution < -0.4 is 5.32 Å². The molecule has 2 N–H and O–H groups in total. The van der Waals surface area contributed by atoms with Gasteiger partial charge in [-0.3, -0.25) is 20.2 Å². The van der Waals surface area contributed by atoms with Crippen molar-refractivity contribution in [3.63, 3.8) is 0 Å². The highest BCUT2D eigenvalue weighted by atomic mass is 32.2. The number of thioether (sulfide) groups is 1. The topological polar surface area (TPSA) is 83.6 Å². The van der Waals surface area contributed by atoms with E-state index in [0.717, 1.165) is 16.2 Å². The Morgan fingerprint density at radius 3 is 2.96 bits per heavy atom. The highest BCUT2D eigenvalue weighted by Gasteiger charge is 2.29. The van der Waals surface area contributed by atoms with E-state index in [1.807, 2.05) is 42.5 Å². The van der Waals surface area contributed by atoms with Gasteiger partial charge in [0, 0.05) is 16.8 Å². The first-order valence-corrected chi connectivity index (χ1v) is 8.16. The first-order chi connectivity index (χ1) is 11.3. The summed E-state index contributed by atoms with van der Waals surface area (Å²) in [6.07, 6.45) is 1.68. The first kappa shape index (κ1) is 14.0. The molecule has 23 heavy (non-hydrogen) atoms. The fourth-order valence-corrected chi connectivity index (χ4v) is 3.74. The molecule has 0 unspecified atom stereocenters. The Morgan fingerprint density at radius 2 is 2.09 bits per heavy atom. The van der Waals surface area contributed by atoms with Gasteiger partial charge >= 0.3 is 0 Å². The lowest BCUT2D eigenvalue weighted by Gasteiger charge is -2.08. The third-order valence-electron chi connectivity index (χ3n) is 3.64. The monoisotopic (exact) mass is 323 g/mol. The van der Waals surface area contributed by atoms with E-state index in [4.69, 9.17) is 0 Å². The Kier molecular flexibility index (Phi) is 3.55. The molecule has 4 rings (SSSR count). The third kappa shape index (κ3) is 2.70. The summed E-state index contributed by atoms with van der Waals surface area (Å²) in [5.41, 5.74) is 1.75. The molecule has 0 bridgehead atoms. The molecular weight excluding hydrogens is 310 g/mol. The molecule has 0 saturated carbocycles. The van der Waals surface area contributed by atoms with E-state index < -0.39 is 0 Å². The zero-order valence-electron chi connectivity index (χ0n) is 12.1. The molecule has 7 heteroatoms. The first-order valence-electron chi connectivity index (χ1n) is 7.17. The molecule has 0 saturated heterocycles. The zero-order valence-corrected chi connectivity index (χ0v) is 12.9. The lowest BCUT2D eigenvalue weighted by molar-refractivity contribution is -0.117. The molecule has 3 heterocycles. The minimum absolute atomic E-state index is 0.0889. The van der Waals surface area contributed by atoms with Crippen molar-refractivity contribution in [2.75, 3.05) is 11.1 Å². The van der Waals surface area contributed by atoms with Crippen molar-refractivity contribution in [2.45, 2.75) is 10.8 Å². The van der Waals surface area contributed by atoms with Crippen molar-refractivity contribution < 1.29 is 4.79 Å². The number of nitrogens with one attached hydrogen (secondary N) is 2. The number of fused-ring (bicyclic) bond motifs is 1. The lowest BCUT2D eigenvalue weighted by Crippen LogP contribution is -2.21. The van der Waals surface area contributed by atoms with E-state index in [-0.39, 0.29) is 17.8 Å². The Bertz CT molecular complexity index is 848. The maximum atomic E-state index is 12.5. The van der Waals surface area contributed by atoms with E-state index in [2.05, 4.69) is 25.5 Å². The largest absolute Gasteiger partial charge is 0.293 e. The van der Waals surface area contributed by atoms with Gasteiger partial charge in [0.25, 0.3) is 0 Å².